The van der Waals surface area contributed by atoms with Crippen LogP contribution in [0.5, 0.6) is 0 Å². The molecule has 0 aromatic heterocycles. The quantitative estimate of drug-likeness (QED) is 0.738. The van der Waals surface area contributed by atoms with Gasteiger partial charge in [0.1, 0.15) is 0 Å². The van der Waals surface area contributed by atoms with Crippen LogP contribution in [0, 0.1) is 5.41 Å². The molecule has 0 amide bonds. The molecule has 0 aromatic rings. The number of ether oxygens (including phenoxy) is 1. The fourth-order valence-electron chi connectivity index (χ4n) is 1.89. The van der Waals surface area contributed by atoms with Crippen molar-refractivity contribution in [1.82, 2.24) is 4.90 Å². The number of morpholine rings is 1. The van der Waals surface area contributed by atoms with Crippen LogP contribution in [0.2, 0.25) is 0 Å². The lowest BCUT2D eigenvalue weighted by molar-refractivity contribution is -0.0303. The number of rotatable bonds is 4. The number of hydrogen-bond donors (Lipinski definition) is 1. The topological polar surface area (TPSA) is 38.5 Å². The van der Waals surface area contributed by atoms with Gasteiger partial charge in [-0.15, -0.1) is 0 Å². The normalized spacial score (nSPS) is 28.7. The summed E-state index contributed by atoms with van der Waals surface area (Å²) in [6, 6.07) is 0. The minimum Gasteiger partial charge on any atom is -0.376 e. The highest BCUT2D eigenvalue weighted by Gasteiger charge is 2.26. The Hall–Kier alpha value is -0.120. The van der Waals surface area contributed by atoms with E-state index in [0.29, 0.717) is 6.10 Å². The van der Waals surface area contributed by atoms with Gasteiger partial charge in [-0.1, -0.05) is 13.8 Å². The van der Waals surface area contributed by atoms with Gasteiger partial charge in [0.15, 0.2) is 0 Å². The second kappa shape index (κ2) is 5.10. The zero-order valence-electron chi connectivity index (χ0n) is 9.75. The maximum atomic E-state index is 5.81. The molecule has 3 nitrogen and oxygen atoms in total. The Kier molecular flexibility index (Phi) is 4.35. The lowest BCUT2D eigenvalue weighted by Gasteiger charge is -2.38. The second-order valence-corrected chi connectivity index (χ2v) is 4.78. The molecule has 0 saturated carbocycles. The molecule has 2 N–H and O–H groups in total. The lowest BCUT2D eigenvalue weighted by Crippen LogP contribution is -2.47. The van der Waals surface area contributed by atoms with Crippen molar-refractivity contribution in [2.24, 2.45) is 11.1 Å². The number of hydrogen-bond acceptors (Lipinski definition) is 3. The lowest BCUT2D eigenvalue weighted by atomic mass is 9.87. The summed E-state index contributed by atoms with van der Waals surface area (Å²) in [5.74, 6) is 0. The van der Waals surface area contributed by atoms with Gasteiger partial charge >= 0.3 is 0 Å². The van der Waals surface area contributed by atoms with Crippen molar-refractivity contribution in [3.63, 3.8) is 0 Å². The van der Waals surface area contributed by atoms with E-state index in [-0.39, 0.29) is 5.41 Å². The fraction of sp³-hybridized carbons (Fsp3) is 1.00. The summed E-state index contributed by atoms with van der Waals surface area (Å²) in [5.41, 5.74) is 6.09. The van der Waals surface area contributed by atoms with Gasteiger partial charge in [0.2, 0.25) is 0 Å². The van der Waals surface area contributed by atoms with Gasteiger partial charge in [-0.05, 0) is 25.3 Å². The molecule has 1 fully saturated rings. The summed E-state index contributed by atoms with van der Waals surface area (Å²) in [7, 11) is 0. The molecule has 84 valence electrons. The first-order chi connectivity index (χ1) is 6.59. The molecule has 1 aliphatic rings. The van der Waals surface area contributed by atoms with Crippen LogP contribution in [-0.2, 0) is 4.74 Å². The highest BCUT2D eigenvalue weighted by atomic mass is 16.5. The van der Waals surface area contributed by atoms with Crippen molar-refractivity contribution in [1.29, 1.82) is 0 Å². The van der Waals surface area contributed by atoms with Crippen LogP contribution in [0.15, 0.2) is 0 Å². The van der Waals surface area contributed by atoms with Crippen molar-refractivity contribution >= 4 is 0 Å². The Balaban J connectivity index is 2.41. The minimum absolute atomic E-state index is 0.275. The van der Waals surface area contributed by atoms with Crippen molar-refractivity contribution in [2.75, 3.05) is 32.8 Å². The van der Waals surface area contributed by atoms with Crippen LogP contribution in [0.4, 0.5) is 0 Å². The first-order valence-corrected chi connectivity index (χ1v) is 5.63. The van der Waals surface area contributed by atoms with E-state index < -0.39 is 0 Å². The van der Waals surface area contributed by atoms with E-state index in [1.54, 1.807) is 0 Å². The molecule has 3 heteroatoms. The Morgan fingerprint density at radius 3 is 2.79 bits per heavy atom. The van der Waals surface area contributed by atoms with Gasteiger partial charge in [-0.3, -0.25) is 4.90 Å². The molecule has 1 rings (SSSR count). The molecule has 0 aliphatic carbocycles. The third-order valence-electron chi connectivity index (χ3n) is 3.28. The number of nitrogens with zero attached hydrogens (tertiary/aromatic N) is 1. The molecule has 0 spiro atoms. The van der Waals surface area contributed by atoms with Crippen molar-refractivity contribution in [3.05, 3.63) is 0 Å². The van der Waals surface area contributed by atoms with E-state index in [2.05, 4.69) is 25.7 Å². The smallest absolute Gasteiger partial charge is 0.0674 e. The Bertz CT molecular complexity index is 169. The molecule has 0 aromatic carbocycles. The molecule has 1 heterocycles. The molecule has 1 aliphatic heterocycles. The fourth-order valence-corrected chi connectivity index (χ4v) is 1.89. The number of nitrogens with two attached hydrogens (primary N) is 1. The third-order valence-corrected chi connectivity index (χ3v) is 3.28. The Morgan fingerprint density at radius 1 is 1.57 bits per heavy atom. The summed E-state index contributed by atoms with van der Waals surface area (Å²) in [6.07, 6.45) is 1.53. The third kappa shape index (κ3) is 3.23. The maximum Gasteiger partial charge on any atom is 0.0674 e. The minimum atomic E-state index is 0.275. The van der Waals surface area contributed by atoms with Crippen LogP contribution in [0.25, 0.3) is 0 Å². The summed E-state index contributed by atoms with van der Waals surface area (Å²) in [6.45, 7) is 11.5. The molecule has 2 unspecified atom stereocenters. The molecule has 14 heavy (non-hydrogen) atoms. The van der Waals surface area contributed by atoms with Crippen molar-refractivity contribution in [3.8, 4) is 0 Å². The first-order valence-electron chi connectivity index (χ1n) is 5.63. The monoisotopic (exact) mass is 200 g/mol. The molecule has 0 bridgehead atoms. The van der Waals surface area contributed by atoms with E-state index >= 15 is 0 Å². The van der Waals surface area contributed by atoms with E-state index in [0.717, 1.165) is 39.2 Å². The zero-order chi connectivity index (χ0) is 10.6. The second-order valence-electron chi connectivity index (χ2n) is 4.78. The first kappa shape index (κ1) is 12.0. The van der Waals surface area contributed by atoms with E-state index in [9.17, 15) is 0 Å². The van der Waals surface area contributed by atoms with Gasteiger partial charge < -0.3 is 10.5 Å². The molecule has 0 radical (unpaired) electrons. The Morgan fingerprint density at radius 2 is 2.29 bits per heavy atom. The van der Waals surface area contributed by atoms with Gasteiger partial charge in [0.05, 0.1) is 12.7 Å². The van der Waals surface area contributed by atoms with Crippen LogP contribution in [0.1, 0.15) is 27.2 Å². The standard InChI is InChI=1S/C11H24N2O/c1-4-11(3,8-12)9-13-5-6-14-10(2)7-13/h10H,4-9,12H2,1-3H3. The predicted molar refractivity (Wildman–Crippen MR) is 59.3 cm³/mol. The maximum absolute atomic E-state index is 5.81. The predicted octanol–water partition coefficient (Wildman–Crippen LogP) is 1.08. The molecular formula is C11H24N2O. The van der Waals surface area contributed by atoms with Gasteiger partial charge in [0, 0.05) is 19.6 Å². The van der Waals surface area contributed by atoms with Gasteiger partial charge in [-0.2, -0.15) is 0 Å². The van der Waals surface area contributed by atoms with E-state index in [4.69, 9.17) is 10.5 Å². The highest BCUT2D eigenvalue weighted by molar-refractivity contribution is 4.80. The average molecular weight is 200 g/mol. The van der Waals surface area contributed by atoms with Crippen LogP contribution < -0.4 is 5.73 Å². The molecule has 1 saturated heterocycles. The summed E-state index contributed by atoms with van der Waals surface area (Å²) in [5, 5.41) is 0. The van der Waals surface area contributed by atoms with Crippen LogP contribution >= 0.6 is 0 Å². The average Bonchev–Trinajstić information content (AvgIpc) is 2.18. The van der Waals surface area contributed by atoms with Gasteiger partial charge in [0.25, 0.3) is 0 Å². The van der Waals surface area contributed by atoms with Crippen LogP contribution in [0.3, 0.4) is 0 Å². The van der Waals surface area contributed by atoms with Crippen LogP contribution in [-0.4, -0.2) is 43.8 Å². The SMILES string of the molecule is CCC(C)(CN)CN1CCOC(C)C1. The van der Waals surface area contributed by atoms with E-state index in [1.165, 1.54) is 0 Å². The summed E-state index contributed by atoms with van der Waals surface area (Å²) in [4.78, 5) is 2.48. The summed E-state index contributed by atoms with van der Waals surface area (Å²) < 4.78 is 5.52. The molecular weight excluding hydrogens is 176 g/mol. The van der Waals surface area contributed by atoms with E-state index in [1.807, 2.05) is 0 Å². The largest absolute Gasteiger partial charge is 0.376 e. The Labute approximate surface area is 87.6 Å². The summed E-state index contributed by atoms with van der Waals surface area (Å²) >= 11 is 0. The zero-order valence-corrected chi connectivity index (χ0v) is 9.75. The molecule has 2 atom stereocenters. The van der Waals surface area contributed by atoms with Gasteiger partial charge in [-0.25, -0.2) is 0 Å². The van der Waals surface area contributed by atoms with Crippen molar-refractivity contribution < 1.29 is 4.74 Å². The van der Waals surface area contributed by atoms with Crippen molar-refractivity contribution in [2.45, 2.75) is 33.3 Å². The highest BCUT2D eigenvalue weighted by Crippen LogP contribution is 2.21.